The Balaban J connectivity index is 3.03. The van der Waals surface area contributed by atoms with Crippen LogP contribution in [0.5, 0.6) is 0 Å². The van der Waals surface area contributed by atoms with Crippen molar-refractivity contribution in [1.29, 1.82) is 0 Å². The Morgan fingerprint density at radius 2 is 1.38 bits per heavy atom. The summed E-state index contributed by atoms with van der Waals surface area (Å²) in [6.45, 7) is 5.78. The molecule has 4 nitrogen and oxygen atoms in total. The van der Waals surface area contributed by atoms with Crippen LogP contribution in [-0.4, -0.2) is 22.2 Å². The Morgan fingerprint density at radius 3 is 1.62 bits per heavy atom. The predicted octanol–water partition coefficient (Wildman–Crippen LogP) is 2.23. The number of carboxylic acid groups (broad SMARTS) is 2. The molecule has 2 unspecified atom stereocenters. The molecule has 0 bridgehead atoms. The molecule has 0 radical (unpaired) electrons. The van der Waals surface area contributed by atoms with Crippen LogP contribution in [-0.2, 0) is 9.59 Å². The standard InChI is InChI=1S/C12H20O4/c1-12(2,3)9-7(10(13)14)5-4-6-8(9)11(15)16/h7-9H,4-6H2,1-3H3,(H,13,14)(H,15,16). The van der Waals surface area contributed by atoms with Gasteiger partial charge >= 0.3 is 11.9 Å². The molecule has 1 aliphatic rings. The molecule has 0 aliphatic heterocycles. The van der Waals surface area contributed by atoms with Gasteiger partial charge in [0.15, 0.2) is 0 Å². The molecule has 92 valence electrons. The second kappa shape index (κ2) is 4.44. The van der Waals surface area contributed by atoms with E-state index in [0.717, 1.165) is 0 Å². The number of carboxylic acids is 2. The first-order valence-electron chi connectivity index (χ1n) is 5.70. The van der Waals surface area contributed by atoms with Crippen molar-refractivity contribution in [3.05, 3.63) is 0 Å². The van der Waals surface area contributed by atoms with E-state index in [1.807, 2.05) is 20.8 Å². The smallest absolute Gasteiger partial charge is 0.306 e. The summed E-state index contributed by atoms with van der Waals surface area (Å²) in [5, 5.41) is 18.4. The van der Waals surface area contributed by atoms with Crippen LogP contribution in [0.1, 0.15) is 40.0 Å². The van der Waals surface area contributed by atoms with Crippen LogP contribution in [0.15, 0.2) is 0 Å². The third-order valence-electron chi connectivity index (χ3n) is 3.53. The maximum atomic E-state index is 11.2. The van der Waals surface area contributed by atoms with E-state index in [-0.39, 0.29) is 11.3 Å². The number of aliphatic carboxylic acids is 2. The number of carbonyl (C=O) groups is 2. The fourth-order valence-electron chi connectivity index (χ4n) is 2.96. The lowest BCUT2D eigenvalue weighted by atomic mass is 9.61. The highest BCUT2D eigenvalue weighted by atomic mass is 16.4. The molecule has 1 fully saturated rings. The average Bonchev–Trinajstić information content (AvgIpc) is 2.15. The van der Waals surface area contributed by atoms with Gasteiger partial charge in [0, 0.05) is 0 Å². The molecular formula is C12H20O4. The second-order valence-electron chi connectivity index (χ2n) is 5.71. The molecular weight excluding hydrogens is 208 g/mol. The van der Waals surface area contributed by atoms with Gasteiger partial charge < -0.3 is 10.2 Å². The minimum absolute atomic E-state index is 0.281. The van der Waals surface area contributed by atoms with Crippen LogP contribution in [0, 0.1) is 23.2 Å². The summed E-state index contributed by atoms with van der Waals surface area (Å²) < 4.78 is 0. The van der Waals surface area contributed by atoms with Gasteiger partial charge in [0.1, 0.15) is 0 Å². The van der Waals surface area contributed by atoms with Crippen LogP contribution in [0.2, 0.25) is 0 Å². The van der Waals surface area contributed by atoms with Crippen LogP contribution in [0.4, 0.5) is 0 Å². The van der Waals surface area contributed by atoms with Gasteiger partial charge in [0.2, 0.25) is 0 Å². The van der Waals surface area contributed by atoms with Gasteiger partial charge in [0.05, 0.1) is 11.8 Å². The maximum Gasteiger partial charge on any atom is 0.306 e. The molecule has 0 spiro atoms. The van der Waals surface area contributed by atoms with Crippen molar-refractivity contribution in [3.63, 3.8) is 0 Å². The van der Waals surface area contributed by atoms with Crippen molar-refractivity contribution < 1.29 is 19.8 Å². The quantitative estimate of drug-likeness (QED) is 0.760. The normalized spacial score (nSPS) is 31.1. The number of hydrogen-bond donors (Lipinski definition) is 2. The van der Waals surface area contributed by atoms with E-state index in [9.17, 15) is 19.8 Å². The van der Waals surface area contributed by atoms with E-state index in [0.29, 0.717) is 19.3 Å². The van der Waals surface area contributed by atoms with Crippen molar-refractivity contribution in [2.45, 2.75) is 40.0 Å². The van der Waals surface area contributed by atoms with E-state index >= 15 is 0 Å². The lowest BCUT2D eigenvalue weighted by molar-refractivity contribution is -0.157. The Morgan fingerprint density at radius 1 is 1.00 bits per heavy atom. The van der Waals surface area contributed by atoms with Gasteiger partial charge in [-0.3, -0.25) is 9.59 Å². The number of hydrogen-bond acceptors (Lipinski definition) is 2. The Hall–Kier alpha value is -1.06. The first kappa shape index (κ1) is 13.0. The summed E-state index contributed by atoms with van der Waals surface area (Å²) in [6.07, 6.45) is 1.89. The van der Waals surface area contributed by atoms with Crippen LogP contribution >= 0.6 is 0 Å². The van der Waals surface area contributed by atoms with Gasteiger partial charge in [0.25, 0.3) is 0 Å². The first-order valence-corrected chi connectivity index (χ1v) is 5.70. The summed E-state index contributed by atoms with van der Waals surface area (Å²) in [4.78, 5) is 22.4. The summed E-state index contributed by atoms with van der Waals surface area (Å²) in [6, 6.07) is 0. The minimum atomic E-state index is -0.856. The lowest BCUT2D eigenvalue weighted by Gasteiger charge is -2.42. The molecule has 0 aromatic carbocycles. The zero-order chi connectivity index (χ0) is 12.5. The molecule has 2 atom stereocenters. The molecule has 4 heteroatoms. The van der Waals surface area contributed by atoms with Gasteiger partial charge in [-0.1, -0.05) is 27.2 Å². The molecule has 2 N–H and O–H groups in total. The van der Waals surface area contributed by atoms with E-state index < -0.39 is 23.8 Å². The Labute approximate surface area is 95.7 Å². The molecule has 0 aromatic rings. The van der Waals surface area contributed by atoms with Gasteiger partial charge in [-0.2, -0.15) is 0 Å². The summed E-state index contributed by atoms with van der Waals surface area (Å²) >= 11 is 0. The molecule has 0 amide bonds. The third-order valence-corrected chi connectivity index (χ3v) is 3.53. The van der Waals surface area contributed by atoms with Crippen molar-refractivity contribution >= 4 is 11.9 Å². The molecule has 16 heavy (non-hydrogen) atoms. The van der Waals surface area contributed by atoms with Gasteiger partial charge in [-0.05, 0) is 24.2 Å². The van der Waals surface area contributed by atoms with Crippen molar-refractivity contribution in [3.8, 4) is 0 Å². The highest BCUT2D eigenvalue weighted by molar-refractivity contribution is 5.75. The SMILES string of the molecule is CC(C)(C)C1C(C(=O)O)CCCC1C(=O)O. The zero-order valence-electron chi connectivity index (χ0n) is 10.1. The maximum absolute atomic E-state index is 11.2. The van der Waals surface area contributed by atoms with Gasteiger partial charge in [-0.15, -0.1) is 0 Å². The number of rotatable bonds is 2. The fourth-order valence-corrected chi connectivity index (χ4v) is 2.96. The lowest BCUT2D eigenvalue weighted by Crippen LogP contribution is -2.44. The zero-order valence-corrected chi connectivity index (χ0v) is 10.1. The molecule has 1 rings (SSSR count). The second-order valence-corrected chi connectivity index (χ2v) is 5.71. The summed E-state index contributed by atoms with van der Waals surface area (Å²) in [5.41, 5.74) is -0.285. The average molecular weight is 228 g/mol. The van der Waals surface area contributed by atoms with Crippen molar-refractivity contribution in [1.82, 2.24) is 0 Å². The predicted molar refractivity (Wildman–Crippen MR) is 59.0 cm³/mol. The largest absolute Gasteiger partial charge is 0.481 e. The van der Waals surface area contributed by atoms with Crippen LogP contribution in [0.25, 0.3) is 0 Å². The Bertz CT molecular complexity index is 268. The van der Waals surface area contributed by atoms with E-state index in [1.165, 1.54) is 0 Å². The third kappa shape index (κ3) is 2.54. The first-order chi connectivity index (χ1) is 7.25. The highest BCUT2D eigenvalue weighted by Crippen LogP contribution is 2.45. The summed E-state index contributed by atoms with van der Waals surface area (Å²) in [5.74, 6) is -3.03. The topological polar surface area (TPSA) is 74.6 Å². The van der Waals surface area contributed by atoms with E-state index in [4.69, 9.17) is 0 Å². The Kier molecular flexibility index (Phi) is 3.61. The van der Waals surface area contributed by atoms with Crippen molar-refractivity contribution in [2.24, 2.45) is 23.2 Å². The molecule has 0 saturated heterocycles. The van der Waals surface area contributed by atoms with Crippen LogP contribution < -0.4 is 0 Å². The monoisotopic (exact) mass is 228 g/mol. The van der Waals surface area contributed by atoms with Crippen molar-refractivity contribution in [2.75, 3.05) is 0 Å². The molecule has 0 heterocycles. The molecule has 0 aromatic heterocycles. The minimum Gasteiger partial charge on any atom is -0.481 e. The summed E-state index contributed by atoms with van der Waals surface area (Å²) in [7, 11) is 0. The fraction of sp³-hybridized carbons (Fsp3) is 0.833. The van der Waals surface area contributed by atoms with Crippen LogP contribution in [0.3, 0.4) is 0 Å². The van der Waals surface area contributed by atoms with Gasteiger partial charge in [-0.25, -0.2) is 0 Å². The van der Waals surface area contributed by atoms with E-state index in [1.54, 1.807) is 0 Å². The molecule has 1 saturated carbocycles. The van der Waals surface area contributed by atoms with E-state index in [2.05, 4.69) is 0 Å². The highest BCUT2D eigenvalue weighted by Gasteiger charge is 2.46. The molecule has 1 aliphatic carbocycles.